The first kappa shape index (κ1) is 17.6. The Balaban J connectivity index is 1.88. The summed E-state index contributed by atoms with van der Waals surface area (Å²) in [4.78, 5) is 37.1. The highest BCUT2D eigenvalue weighted by atomic mass is 16.6. The largest absolute Gasteiger partial charge is 0.324 e. The third-order valence-electron chi connectivity index (χ3n) is 4.58. The average molecular weight is 353 g/mol. The molecule has 1 heterocycles. The molecule has 0 saturated heterocycles. The molecule has 2 aromatic rings. The van der Waals surface area contributed by atoms with Crippen molar-refractivity contribution in [3.8, 4) is 0 Å². The molecule has 26 heavy (non-hydrogen) atoms. The van der Waals surface area contributed by atoms with Crippen LogP contribution in [-0.2, 0) is 16.0 Å². The molecule has 1 atom stereocenters. The van der Waals surface area contributed by atoms with Crippen LogP contribution >= 0.6 is 0 Å². The van der Waals surface area contributed by atoms with E-state index in [1.807, 2.05) is 25.1 Å². The molecule has 2 amide bonds. The lowest BCUT2D eigenvalue weighted by Gasteiger charge is -2.33. The average Bonchev–Trinajstić information content (AvgIpc) is 2.62. The zero-order chi connectivity index (χ0) is 18.8. The number of nitro groups is 1. The minimum Gasteiger partial charge on any atom is -0.324 e. The zero-order valence-corrected chi connectivity index (χ0v) is 14.6. The molecule has 1 unspecified atom stereocenters. The summed E-state index contributed by atoms with van der Waals surface area (Å²) in [5, 5.41) is 13.8. The van der Waals surface area contributed by atoms with Crippen molar-refractivity contribution >= 4 is 28.9 Å². The number of aryl methyl sites for hydroxylation is 2. The van der Waals surface area contributed by atoms with Gasteiger partial charge in [-0.2, -0.15) is 0 Å². The van der Waals surface area contributed by atoms with Crippen LogP contribution in [0.4, 0.5) is 17.1 Å². The molecule has 0 aliphatic carbocycles. The molecule has 7 heteroatoms. The summed E-state index contributed by atoms with van der Waals surface area (Å²) in [6, 6.07) is 11.0. The molecule has 1 aliphatic rings. The third kappa shape index (κ3) is 3.28. The molecule has 1 N–H and O–H groups in total. The van der Waals surface area contributed by atoms with Crippen LogP contribution < -0.4 is 10.2 Å². The first-order chi connectivity index (χ1) is 12.4. The van der Waals surface area contributed by atoms with Crippen molar-refractivity contribution < 1.29 is 14.5 Å². The van der Waals surface area contributed by atoms with Crippen molar-refractivity contribution in [1.29, 1.82) is 0 Å². The van der Waals surface area contributed by atoms with Gasteiger partial charge in [-0.3, -0.25) is 24.6 Å². The van der Waals surface area contributed by atoms with Crippen molar-refractivity contribution in [2.24, 2.45) is 0 Å². The van der Waals surface area contributed by atoms with Gasteiger partial charge < -0.3 is 5.32 Å². The lowest BCUT2D eigenvalue weighted by atomic mass is 9.98. The van der Waals surface area contributed by atoms with Crippen molar-refractivity contribution in [2.75, 3.05) is 10.2 Å². The number of rotatable bonds is 4. The molecule has 0 fully saturated rings. The van der Waals surface area contributed by atoms with E-state index in [0.29, 0.717) is 23.4 Å². The molecule has 0 radical (unpaired) electrons. The van der Waals surface area contributed by atoms with Gasteiger partial charge in [0.1, 0.15) is 6.04 Å². The molecule has 7 nitrogen and oxygen atoms in total. The maximum absolute atomic E-state index is 12.7. The van der Waals surface area contributed by atoms with Crippen LogP contribution in [0.5, 0.6) is 0 Å². The fourth-order valence-corrected chi connectivity index (χ4v) is 3.11. The number of anilines is 2. The number of nitro benzene ring substituents is 1. The van der Waals surface area contributed by atoms with E-state index in [1.54, 1.807) is 19.1 Å². The number of nitrogens with zero attached hydrogens (tertiary/aromatic N) is 2. The van der Waals surface area contributed by atoms with Gasteiger partial charge in [0.2, 0.25) is 11.8 Å². The zero-order valence-electron chi connectivity index (χ0n) is 14.6. The fourth-order valence-electron chi connectivity index (χ4n) is 3.11. The summed E-state index contributed by atoms with van der Waals surface area (Å²) in [5.41, 5.74) is 2.86. The van der Waals surface area contributed by atoms with Gasteiger partial charge in [0.25, 0.3) is 5.69 Å². The molecule has 3 rings (SSSR count). The molecule has 2 aromatic carbocycles. The van der Waals surface area contributed by atoms with Crippen molar-refractivity contribution in [3.63, 3.8) is 0 Å². The Labute approximate surface area is 150 Å². The van der Waals surface area contributed by atoms with Crippen LogP contribution in [-0.4, -0.2) is 22.8 Å². The normalized spacial score (nSPS) is 14.5. The highest BCUT2D eigenvalue weighted by Gasteiger charge is 2.32. The Morgan fingerprint density at radius 1 is 1.23 bits per heavy atom. The molecule has 0 bridgehead atoms. The summed E-state index contributed by atoms with van der Waals surface area (Å²) < 4.78 is 0. The first-order valence-electron chi connectivity index (χ1n) is 8.34. The number of non-ortho nitro benzene ring substituents is 1. The predicted molar refractivity (Wildman–Crippen MR) is 98.2 cm³/mol. The van der Waals surface area contributed by atoms with Crippen LogP contribution in [0.3, 0.4) is 0 Å². The van der Waals surface area contributed by atoms with Crippen molar-refractivity contribution in [2.45, 2.75) is 32.7 Å². The molecule has 1 aliphatic heterocycles. The van der Waals surface area contributed by atoms with E-state index in [2.05, 4.69) is 5.32 Å². The van der Waals surface area contributed by atoms with Gasteiger partial charge in [-0.05, 0) is 43.5 Å². The number of hydrogen-bond donors (Lipinski definition) is 1. The topological polar surface area (TPSA) is 92.6 Å². The van der Waals surface area contributed by atoms with Gasteiger partial charge in [-0.15, -0.1) is 0 Å². The second-order valence-electron chi connectivity index (χ2n) is 6.31. The highest BCUT2D eigenvalue weighted by molar-refractivity contribution is 6.06. The smallest absolute Gasteiger partial charge is 0.269 e. The lowest BCUT2D eigenvalue weighted by molar-refractivity contribution is -0.384. The van der Waals surface area contributed by atoms with Gasteiger partial charge >= 0.3 is 0 Å². The maximum atomic E-state index is 12.7. The van der Waals surface area contributed by atoms with Gasteiger partial charge in [-0.25, -0.2) is 0 Å². The second kappa shape index (κ2) is 6.95. The van der Waals surface area contributed by atoms with Gasteiger partial charge in [0, 0.05) is 29.9 Å². The molecular weight excluding hydrogens is 334 g/mol. The Hall–Kier alpha value is -3.22. The number of hydrogen-bond acceptors (Lipinski definition) is 4. The second-order valence-corrected chi connectivity index (χ2v) is 6.31. The standard InChI is InChI=1S/C19H19N3O4/c1-12-5-3-4-6-16(12)20-19(24)13(2)21-17-9-8-15(22(25)26)11-14(17)7-10-18(21)23/h3-6,8-9,11,13H,7,10H2,1-2H3,(H,20,24). The minimum absolute atomic E-state index is 0.0185. The SMILES string of the molecule is Cc1ccccc1NC(=O)C(C)N1C(=O)CCc2cc([N+](=O)[O-])ccc21. The number of para-hydroxylation sites is 1. The Morgan fingerprint density at radius 3 is 2.65 bits per heavy atom. The minimum atomic E-state index is -0.734. The number of benzene rings is 2. The maximum Gasteiger partial charge on any atom is 0.269 e. The van der Waals surface area contributed by atoms with Crippen LogP contribution in [0, 0.1) is 17.0 Å². The van der Waals surface area contributed by atoms with Crippen molar-refractivity contribution in [3.05, 3.63) is 63.7 Å². The van der Waals surface area contributed by atoms with Gasteiger partial charge in [-0.1, -0.05) is 18.2 Å². The van der Waals surface area contributed by atoms with E-state index in [9.17, 15) is 19.7 Å². The summed E-state index contributed by atoms with van der Waals surface area (Å²) in [6.45, 7) is 3.54. The number of nitrogens with one attached hydrogen (secondary N) is 1. The Morgan fingerprint density at radius 2 is 1.96 bits per heavy atom. The lowest BCUT2D eigenvalue weighted by Crippen LogP contribution is -2.48. The highest BCUT2D eigenvalue weighted by Crippen LogP contribution is 2.32. The number of amides is 2. The first-order valence-corrected chi connectivity index (χ1v) is 8.34. The van der Waals surface area contributed by atoms with Crippen LogP contribution in [0.1, 0.15) is 24.5 Å². The number of fused-ring (bicyclic) bond motifs is 1. The van der Waals surface area contributed by atoms with E-state index >= 15 is 0 Å². The quantitative estimate of drug-likeness (QED) is 0.675. The monoisotopic (exact) mass is 353 g/mol. The predicted octanol–water partition coefficient (Wildman–Crippen LogP) is 3.21. The van der Waals surface area contributed by atoms with E-state index in [4.69, 9.17) is 0 Å². The van der Waals surface area contributed by atoms with Crippen LogP contribution in [0.15, 0.2) is 42.5 Å². The molecule has 0 aromatic heterocycles. The Bertz CT molecular complexity index is 894. The third-order valence-corrected chi connectivity index (χ3v) is 4.58. The fraction of sp³-hybridized carbons (Fsp3) is 0.263. The number of carbonyl (C=O) groups is 2. The summed E-state index contributed by atoms with van der Waals surface area (Å²) in [6.07, 6.45) is 0.647. The summed E-state index contributed by atoms with van der Waals surface area (Å²) in [5.74, 6) is -0.474. The molecular formula is C19H19N3O4. The number of carbonyl (C=O) groups excluding carboxylic acids is 2. The summed E-state index contributed by atoms with van der Waals surface area (Å²) in [7, 11) is 0. The van der Waals surface area contributed by atoms with E-state index in [-0.39, 0.29) is 23.9 Å². The molecule has 0 spiro atoms. The molecule has 134 valence electrons. The van der Waals surface area contributed by atoms with Gasteiger partial charge in [0.05, 0.1) is 4.92 Å². The van der Waals surface area contributed by atoms with E-state index in [1.165, 1.54) is 17.0 Å². The van der Waals surface area contributed by atoms with E-state index < -0.39 is 11.0 Å². The van der Waals surface area contributed by atoms with Gasteiger partial charge in [0.15, 0.2) is 0 Å². The van der Waals surface area contributed by atoms with Crippen LogP contribution in [0.2, 0.25) is 0 Å². The van der Waals surface area contributed by atoms with E-state index in [0.717, 1.165) is 5.56 Å². The Kier molecular flexibility index (Phi) is 4.71. The van der Waals surface area contributed by atoms with Crippen molar-refractivity contribution in [1.82, 2.24) is 0 Å². The summed E-state index contributed by atoms with van der Waals surface area (Å²) >= 11 is 0. The molecule has 0 saturated carbocycles. The van der Waals surface area contributed by atoms with Crippen LogP contribution in [0.25, 0.3) is 0 Å².